The van der Waals surface area contributed by atoms with Crippen molar-refractivity contribution in [2.45, 2.75) is 13.8 Å². The van der Waals surface area contributed by atoms with E-state index in [0.29, 0.717) is 10.8 Å². The molecule has 0 radical (unpaired) electrons. The summed E-state index contributed by atoms with van der Waals surface area (Å²) in [7, 11) is 0. The van der Waals surface area contributed by atoms with Crippen molar-refractivity contribution in [1.82, 2.24) is 0 Å². The molecule has 0 heterocycles. The maximum Gasteiger partial charge on any atom is 0.329 e. The van der Waals surface area contributed by atoms with Crippen molar-refractivity contribution in [1.29, 1.82) is 0 Å². The minimum Gasteiger partial charge on any atom is -0.450 e. The van der Waals surface area contributed by atoms with Gasteiger partial charge in [-0.15, -0.1) is 0 Å². The fourth-order valence-corrected chi connectivity index (χ4v) is 2.49. The zero-order valence-electron chi connectivity index (χ0n) is 10.8. The van der Waals surface area contributed by atoms with E-state index >= 15 is 0 Å². The Bertz CT molecular complexity index is 663. The molecule has 0 saturated carbocycles. The van der Waals surface area contributed by atoms with E-state index in [2.05, 4.69) is 0 Å². The summed E-state index contributed by atoms with van der Waals surface area (Å²) in [4.78, 5) is 10.5. The molecular weight excluding hydrogens is 301 g/mol. The molecule has 20 heavy (non-hydrogen) atoms. The lowest BCUT2D eigenvalue weighted by Crippen LogP contribution is -1.97. The Hall–Kier alpha value is -1.78. The number of nitrogens with zero attached hydrogens (tertiary/aromatic N) is 1. The summed E-state index contributed by atoms with van der Waals surface area (Å²) in [6, 6.07) is 8.04. The van der Waals surface area contributed by atoms with Crippen molar-refractivity contribution in [3.05, 3.63) is 61.6 Å². The molecule has 0 bridgehead atoms. The van der Waals surface area contributed by atoms with Crippen LogP contribution in [0.25, 0.3) is 0 Å². The lowest BCUT2D eigenvalue weighted by Gasteiger charge is -2.12. The molecule has 4 nitrogen and oxygen atoms in total. The molecule has 0 fully saturated rings. The molecule has 0 aromatic heterocycles. The topological polar surface area (TPSA) is 52.4 Å². The molecule has 0 aliphatic rings. The van der Waals surface area contributed by atoms with Gasteiger partial charge in [-0.25, -0.2) is 0 Å². The molecule has 2 aromatic carbocycles. The van der Waals surface area contributed by atoms with Gasteiger partial charge in [-0.05, 0) is 49.2 Å². The Balaban J connectivity index is 2.51. The molecule has 2 aromatic rings. The van der Waals surface area contributed by atoms with Crippen molar-refractivity contribution in [3.8, 4) is 11.5 Å². The molecule has 0 N–H and O–H groups in total. The number of ether oxygens (including phenoxy) is 1. The fraction of sp³-hybridized carbons (Fsp3) is 0.143. The summed E-state index contributed by atoms with van der Waals surface area (Å²) in [5.74, 6) is 0.649. The van der Waals surface area contributed by atoms with Gasteiger partial charge in [0.25, 0.3) is 0 Å². The normalized spacial score (nSPS) is 10.4. The molecule has 2 rings (SSSR count). The van der Waals surface area contributed by atoms with E-state index in [0.717, 1.165) is 11.1 Å². The van der Waals surface area contributed by atoms with Gasteiger partial charge in [0.2, 0.25) is 5.75 Å². The average Bonchev–Trinajstić information content (AvgIpc) is 2.33. The monoisotopic (exact) mass is 311 g/mol. The highest BCUT2D eigenvalue weighted by Gasteiger charge is 2.21. The van der Waals surface area contributed by atoms with Crippen LogP contribution in [-0.4, -0.2) is 4.92 Å². The highest BCUT2D eigenvalue weighted by Crippen LogP contribution is 2.39. The van der Waals surface area contributed by atoms with Gasteiger partial charge in [0, 0.05) is 5.02 Å². The maximum absolute atomic E-state index is 11.1. The van der Waals surface area contributed by atoms with E-state index in [9.17, 15) is 10.1 Å². The Morgan fingerprint density at radius 3 is 2.30 bits per heavy atom. The van der Waals surface area contributed by atoms with Crippen LogP contribution >= 0.6 is 23.2 Å². The first-order valence-electron chi connectivity index (χ1n) is 5.77. The molecule has 0 spiro atoms. The van der Waals surface area contributed by atoms with Gasteiger partial charge in [-0.1, -0.05) is 29.3 Å². The third-order valence-electron chi connectivity index (χ3n) is 2.77. The van der Waals surface area contributed by atoms with E-state index in [-0.39, 0.29) is 16.5 Å². The van der Waals surface area contributed by atoms with Gasteiger partial charge in [0.15, 0.2) is 0 Å². The third kappa shape index (κ3) is 2.86. The van der Waals surface area contributed by atoms with Crippen molar-refractivity contribution in [2.24, 2.45) is 0 Å². The second-order valence-electron chi connectivity index (χ2n) is 4.31. The van der Waals surface area contributed by atoms with Crippen LogP contribution in [0, 0.1) is 24.0 Å². The predicted molar refractivity (Wildman–Crippen MR) is 79.1 cm³/mol. The average molecular weight is 312 g/mol. The molecule has 0 aliphatic heterocycles. The summed E-state index contributed by atoms with van der Waals surface area (Å²) in [6.07, 6.45) is 0. The van der Waals surface area contributed by atoms with Gasteiger partial charge in [-0.3, -0.25) is 10.1 Å². The SMILES string of the molecule is Cc1cc(Cl)cc(C)c1Oc1cccc(Cl)c1[N+](=O)[O-]. The Kier molecular flexibility index (Phi) is 4.16. The van der Waals surface area contributed by atoms with Crippen LogP contribution in [-0.2, 0) is 0 Å². The van der Waals surface area contributed by atoms with Crippen LogP contribution in [0.4, 0.5) is 5.69 Å². The van der Waals surface area contributed by atoms with Gasteiger partial charge < -0.3 is 4.74 Å². The van der Waals surface area contributed by atoms with Crippen LogP contribution in [0.2, 0.25) is 10.0 Å². The van der Waals surface area contributed by atoms with Gasteiger partial charge in [0.1, 0.15) is 10.8 Å². The third-order valence-corrected chi connectivity index (χ3v) is 3.29. The first-order chi connectivity index (χ1) is 9.40. The van der Waals surface area contributed by atoms with Crippen molar-refractivity contribution >= 4 is 28.9 Å². The molecule has 0 unspecified atom stereocenters. The first kappa shape index (κ1) is 14.6. The van der Waals surface area contributed by atoms with Crippen LogP contribution in [0.3, 0.4) is 0 Å². The van der Waals surface area contributed by atoms with Gasteiger partial charge >= 0.3 is 5.69 Å². The zero-order chi connectivity index (χ0) is 14.9. The number of halogens is 2. The fourth-order valence-electron chi connectivity index (χ4n) is 1.92. The van der Waals surface area contributed by atoms with E-state index in [1.165, 1.54) is 12.1 Å². The zero-order valence-corrected chi connectivity index (χ0v) is 12.3. The Morgan fingerprint density at radius 1 is 1.15 bits per heavy atom. The minimum absolute atomic E-state index is 0.0387. The summed E-state index contributed by atoms with van der Waals surface area (Å²) in [6.45, 7) is 3.65. The number of aryl methyl sites for hydroxylation is 2. The number of benzene rings is 2. The second kappa shape index (κ2) is 5.69. The number of hydrogen-bond acceptors (Lipinski definition) is 3. The summed E-state index contributed by atoms with van der Waals surface area (Å²) in [5.41, 5.74) is 1.34. The van der Waals surface area contributed by atoms with Crippen molar-refractivity contribution < 1.29 is 9.66 Å². The standard InChI is InChI=1S/C14H11Cl2NO3/c1-8-6-10(15)7-9(2)14(8)20-12-5-3-4-11(16)13(12)17(18)19/h3-7H,1-2H3. The summed E-state index contributed by atoms with van der Waals surface area (Å²) in [5, 5.41) is 11.7. The summed E-state index contributed by atoms with van der Waals surface area (Å²) < 4.78 is 5.68. The smallest absolute Gasteiger partial charge is 0.329 e. The second-order valence-corrected chi connectivity index (χ2v) is 5.16. The van der Waals surface area contributed by atoms with Gasteiger partial charge in [-0.2, -0.15) is 0 Å². The highest BCUT2D eigenvalue weighted by atomic mass is 35.5. The predicted octanol–water partition coefficient (Wildman–Crippen LogP) is 5.31. The Labute approximate surface area is 126 Å². The number of nitro groups is 1. The van der Waals surface area contributed by atoms with Crippen LogP contribution in [0.5, 0.6) is 11.5 Å². The largest absolute Gasteiger partial charge is 0.450 e. The lowest BCUT2D eigenvalue weighted by molar-refractivity contribution is -0.385. The van der Waals surface area contributed by atoms with Crippen LogP contribution in [0.1, 0.15) is 11.1 Å². The summed E-state index contributed by atoms with van der Waals surface area (Å²) >= 11 is 11.8. The number of hydrogen-bond donors (Lipinski definition) is 0. The Morgan fingerprint density at radius 2 is 1.75 bits per heavy atom. The minimum atomic E-state index is -0.557. The molecule has 0 aliphatic carbocycles. The maximum atomic E-state index is 11.1. The van der Waals surface area contributed by atoms with E-state index in [1.54, 1.807) is 18.2 Å². The van der Waals surface area contributed by atoms with Crippen molar-refractivity contribution in [3.63, 3.8) is 0 Å². The molecule has 0 atom stereocenters. The van der Waals surface area contributed by atoms with Crippen molar-refractivity contribution in [2.75, 3.05) is 0 Å². The quantitative estimate of drug-likeness (QED) is 0.570. The van der Waals surface area contributed by atoms with E-state index in [4.69, 9.17) is 27.9 Å². The molecule has 104 valence electrons. The molecule has 0 amide bonds. The van der Waals surface area contributed by atoms with E-state index in [1.807, 2.05) is 13.8 Å². The van der Waals surface area contributed by atoms with E-state index < -0.39 is 4.92 Å². The number of rotatable bonds is 3. The number of para-hydroxylation sites is 1. The number of nitro benzene ring substituents is 1. The van der Waals surface area contributed by atoms with Crippen LogP contribution < -0.4 is 4.74 Å². The van der Waals surface area contributed by atoms with Gasteiger partial charge in [0.05, 0.1) is 4.92 Å². The highest BCUT2D eigenvalue weighted by molar-refractivity contribution is 6.33. The first-order valence-corrected chi connectivity index (χ1v) is 6.53. The molecule has 0 saturated heterocycles. The lowest BCUT2D eigenvalue weighted by atomic mass is 10.1. The van der Waals surface area contributed by atoms with Crippen LogP contribution in [0.15, 0.2) is 30.3 Å². The molecular formula is C14H11Cl2NO3. The molecule has 6 heteroatoms.